The number of rotatable bonds is 9. The minimum absolute atomic E-state index is 0.127. The Bertz CT molecular complexity index is 910. The second-order valence-corrected chi connectivity index (χ2v) is 6.24. The van der Waals surface area contributed by atoms with Crippen molar-refractivity contribution in [2.75, 3.05) is 31.8 Å². The van der Waals surface area contributed by atoms with Crippen LogP contribution in [-0.2, 0) is 9.53 Å². The number of carbonyl (C=O) groups is 2. The highest BCUT2D eigenvalue weighted by atomic mass is 35.5. The summed E-state index contributed by atoms with van der Waals surface area (Å²) in [5.74, 6) is -0.240. The Morgan fingerprint density at radius 1 is 1.17 bits per heavy atom. The van der Waals surface area contributed by atoms with Gasteiger partial charge in [-0.15, -0.1) is 0 Å². The lowest BCUT2D eigenvalue weighted by molar-refractivity contribution is -0.121. The fourth-order valence-electron chi connectivity index (χ4n) is 2.56. The molecule has 0 spiro atoms. The van der Waals surface area contributed by atoms with Gasteiger partial charge in [0.05, 0.1) is 31.8 Å². The van der Waals surface area contributed by atoms with Gasteiger partial charge in [0, 0.05) is 17.3 Å². The maximum atomic E-state index is 12.6. The first-order valence-corrected chi connectivity index (χ1v) is 9.28. The molecule has 0 atom stereocenters. The van der Waals surface area contributed by atoms with Gasteiger partial charge in [-0.05, 0) is 43.3 Å². The van der Waals surface area contributed by atoms with Crippen LogP contribution in [0, 0.1) is 11.3 Å². The molecule has 0 aromatic heterocycles. The molecule has 1 amide bonds. The van der Waals surface area contributed by atoms with Crippen LogP contribution in [0.25, 0.3) is 0 Å². The minimum atomic E-state index is -0.673. The highest BCUT2D eigenvalue weighted by Crippen LogP contribution is 2.28. The van der Waals surface area contributed by atoms with Crippen molar-refractivity contribution in [3.63, 3.8) is 0 Å². The highest BCUT2D eigenvalue weighted by Gasteiger charge is 2.19. The second kappa shape index (κ2) is 10.9. The maximum Gasteiger partial charge on any atom is 0.338 e. The molecule has 0 saturated carbocycles. The van der Waals surface area contributed by atoms with Gasteiger partial charge < -0.3 is 19.1 Å². The van der Waals surface area contributed by atoms with Crippen LogP contribution in [0.3, 0.4) is 0 Å². The van der Waals surface area contributed by atoms with E-state index in [-0.39, 0.29) is 18.5 Å². The summed E-state index contributed by atoms with van der Waals surface area (Å²) in [6.45, 7) is 1.90. The number of halogens is 1. The number of methoxy groups -OCH3 is 1. The Kier molecular flexibility index (Phi) is 8.31. The zero-order valence-electron chi connectivity index (χ0n) is 16.2. The fourth-order valence-corrected chi connectivity index (χ4v) is 2.75. The van der Waals surface area contributed by atoms with E-state index in [1.165, 1.54) is 24.1 Å². The third-order valence-corrected chi connectivity index (χ3v) is 4.13. The van der Waals surface area contributed by atoms with Gasteiger partial charge in [-0.2, -0.15) is 5.26 Å². The number of nitrogens with zero attached hydrogens (tertiary/aromatic N) is 2. The van der Waals surface area contributed by atoms with Gasteiger partial charge in [0.15, 0.2) is 18.1 Å². The third-order valence-electron chi connectivity index (χ3n) is 3.89. The summed E-state index contributed by atoms with van der Waals surface area (Å²) in [5, 5.41) is 9.31. The van der Waals surface area contributed by atoms with Gasteiger partial charge in [0.1, 0.15) is 0 Å². The van der Waals surface area contributed by atoms with E-state index in [2.05, 4.69) is 0 Å². The van der Waals surface area contributed by atoms with E-state index in [9.17, 15) is 9.59 Å². The van der Waals surface area contributed by atoms with Crippen molar-refractivity contribution in [3.8, 4) is 17.6 Å². The Balaban J connectivity index is 2.10. The summed E-state index contributed by atoms with van der Waals surface area (Å²) in [6.07, 6.45) is 0.127. The lowest BCUT2D eigenvalue weighted by Gasteiger charge is -2.22. The van der Waals surface area contributed by atoms with Gasteiger partial charge in [-0.25, -0.2) is 4.79 Å². The summed E-state index contributed by atoms with van der Waals surface area (Å²) < 4.78 is 15.8. The van der Waals surface area contributed by atoms with Crippen LogP contribution in [0.1, 0.15) is 23.7 Å². The van der Waals surface area contributed by atoms with Crippen LogP contribution < -0.4 is 14.4 Å². The number of hydrogen-bond acceptors (Lipinski definition) is 6. The molecule has 0 unspecified atom stereocenters. The average molecular weight is 417 g/mol. The topological polar surface area (TPSA) is 88.9 Å². The Morgan fingerprint density at radius 3 is 2.62 bits per heavy atom. The third kappa shape index (κ3) is 6.13. The van der Waals surface area contributed by atoms with Crippen molar-refractivity contribution >= 4 is 29.2 Å². The van der Waals surface area contributed by atoms with E-state index >= 15 is 0 Å². The van der Waals surface area contributed by atoms with Gasteiger partial charge in [-0.1, -0.05) is 17.7 Å². The SMILES string of the molecule is CCOc1cc(C(=O)OCC(=O)N(CCC#N)c2cccc(Cl)c2)ccc1OC. The molecule has 0 fully saturated rings. The smallest absolute Gasteiger partial charge is 0.338 e. The van der Waals surface area contributed by atoms with E-state index in [1.807, 2.05) is 13.0 Å². The predicted octanol–water partition coefficient (Wildman–Crippen LogP) is 3.85. The van der Waals surface area contributed by atoms with Crippen molar-refractivity contribution in [2.24, 2.45) is 0 Å². The zero-order valence-corrected chi connectivity index (χ0v) is 16.9. The molecular formula is C21H21ClN2O5. The molecule has 8 heteroatoms. The molecule has 0 aliphatic rings. The number of amides is 1. The minimum Gasteiger partial charge on any atom is -0.493 e. The first-order chi connectivity index (χ1) is 14.0. The van der Waals surface area contributed by atoms with Crippen LogP contribution in [0.5, 0.6) is 11.5 Å². The van der Waals surface area contributed by atoms with Crippen LogP contribution >= 0.6 is 11.6 Å². The van der Waals surface area contributed by atoms with Gasteiger partial charge in [-0.3, -0.25) is 4.79 Å². The van der Waals surface area contributed by atoms with Crippen molar-refractivity contribution in [1.29, 1.82) is 5.26 Å². The molecule has 152 valence electrons. The molecular weight excluding hydrogens is 396 g/mol. The lowest BCUT2D eigenvalue weighted by Crippen LogP contribution is -2.35. The fraction of sp³-hybridized carbons (Fsp3) is 0.286. The largest absolute Gasteiger partial charge is 0.493 e. The van der Waals surface area contributed by atoms with Crippen molar-refractivity contribution in [1.82, 2.24) is 0 Å². The lowest BCUT2D eigenvalue weighted by atomic mass is 10.2. The average Bonchev–Trinajstić information content (AvgIpc) is 2.72. The van der Waals surface area contributed by atoms with Gasteiger partial charge in [0.2, 0.25) is 0 Å². The predicted molar refractivity (Wildman–Crippen MR) is 108 cm³/mol. The standard InChI is InChI=1S/C21H21ClN2O5/c1-3-28-19-12-15(8-9-18(19)27-2)21(26)29-14-20(25)24(11-5-10-23)17-7-4-6-16(22)13-17/h4,6-9,12-13H,3,5,11,14H2,1-2H3. The highest BCUT2D eigenvalue weighted by molar-refractivity contribution is 6.30. The van der Waals surface area contributed by atoms with Crippen LogP contribution in [0.15, 0.2) is 42.5 Å². The number of nitriles is 1. The molecule has 0 radical (unpaired) electrons. The van der Waals surface area contributed by atoms with E-state index < -0.39 is 18.5 Å². The van der Waals surface area contributed by atoms with Crippen molar-refractivity contribution < 1.29 is 23.8 Å². The summed E-state index contributed by atoms with van der Waals surface area (Å²) in [5.41, 5.74) is 0.755. The van der Waals surface area contributed by atoms with Crippen molar-refractivity contribution in [2.45, 2.75) is 13.3 Å². The summed E-state index contributed by atoms with van der Waals surface area (Å²) in [4.78, 5) is 26.4. The summed E-state index contributed by atoms with van der Waals surface area (Å²) in [7, 11) is 1.50. The molecule has 2 aromatic rings. The molecule has 0 saturated heterocycles. The van der Waals surface area contributed by atoms with E-state index in [0.717, 1.165) is 0 Å². The number of ether oxygens (including phenoxy) is 3. The molecule has 7 nitrogen and oxygen atoms in total. The molecule has 0 aliphatic heterocycles. The normalized spacial score (nSPS) is 10.0. The number of carbonyl (C=O) groups excluding carboxylic acids is 2. The first-order valence-electron chi connectivity index (χ1n) is 8.91. The molecule has 0 bridgehead atoms. The number of hydrogen-bond donors (Lipinski definition) is 0. The monoisotopic (exact) mass is 416 g/mol. The molecule has 2 aromatic carbocycles. The Morgan fingerprint density at radius 2 is 1.97 bits per heavy atom. The van der Waals surface area contributed by atoms with Crippen LogP contribution in [-0.4, -0.2) is 38.7 Å². The van der Waals surface area contributed by atoms with Crippen LogP contribution in [0.4, 0.5) is 5.69 Å². The van der Waals surface area contributed by atoms with Gasteiger partial charge in [0.25, 0.3) is 5.91 Å². The number of anilines is 1. The van der Waals surface area contributed by atoms with Crippen molar-refractivity contribution in [3.05, 3.63) is 53.1 Å². The molecule has 0 aliphatic carbocycles. The quantitative estimate of drug-likeness (QED) is 0.577. The Hall–Kier alpha value is -3.24. The zero-order chi connectivity index (χ0) is 21.2. The summed E-state index contributed by atoms with van der Waals surface area (Å²) in [6, 6.07) is 13.3. The number of esters is 1. The van der Waals surface area contributed by atoms with Gasteiger partial charge >= 0.3 is 5.97 Å². The molecule has 0 heterocycles. The van der Waals surface area contributed by atoms with E-state index in [4.69, 9.17) is 31.1 Å². The Labute approximate surface area is 174 Å². The summed E-state index contributed by atoms with van der Waals surface area (Å²) >= 11 is 5.99. The molecule has 0 N–H and O–H groups in total. The first kappa shape index (κ1) is 22.1. The molecule has 29 heavy (non-hydrogen) atoms. The van der Waals surface area contributed by atoms with Crippen LogP contribution in [0.2, 0.25) is 5.02 Å². The van der Waals surface area contributed by atoms with E-state index in [0.29, 0.717) is 28.8 Å². The van der Waals surface area contributed by atoms with E-state index in [1.54, 1.807) is 30.3 Å². The maximum absolute atomic E-state index is 12.6. The second-order valence-electron chi connectivity index (χ2n) is 5.81. The molecule has 2 rings (SSSR count). The number of benzene rings is 2.